The number of esters is 1. The van der Waals surface area contributed by atoms with Gasteiger partial charge in [0.2, 0.25) is 0 Å². The molecule has 1 aromatic rings. The van der Waals surface area contributed by atoms with Gasteiger partial charge in [0.25, 0.3) is 5.91 Å². The average Bonchev–Trinajstić information content (AvgIpc) is 2.84. The SMILES string of the molecule is CN(C(=O)COC(=O)c1ccc(N)cc1)[C@H]1CCS(=O)(=O)C1. The minimum Gasteiger partial charge on any atom is -0.452 e. The van der Waals surface area contributed by atoms with Crippen molar-refractivity contribution in [3.05, 3.63) is 29.8 Å². The maximum Gasteiger partial charge on any atom is 0.338 e. The Bertz CT molecular complexity index is 669. The Hall–Kier alpha value is -2.09. The molecule has 1 atom stereocenters. The predicted molar refractivity (Wildman–Crippen MR) is 81.0 cm³/mol. The third-order valence-corrected chi connectivity index (χ3v) is 5.37. The van der Waals surface area contributed by atoms with E-state index in [9.17, 15) is 18.0 Å². The first-order valence-corrected chi connectivity index (χ1v) is 8.59. The van der Waals surface area contributed by atoms with Crippen LogP contribution in [0.1, 0.15) is 16.8 Å². The van der Waals surface area contributed by atoms with Gasteiger partial charge in [-0.3, -0.25) is 4.79 Å². The Labute approximate surface area is 129 Å². The number of amides is 1. The van der Waals surface area contributed by atoms with Gasteiger partial charge in [0, 0.05) is 18.8 Å². The summed E-state index contributed by atoms with van der Waals surface area (Å²) < 4.78 is 27.8. The summed E-state index contributed by atoms with van der Waals surface area (Å²) in [6.07, 6.45) is 0.413. The van der Waals surface area contributed by atoms with E-state index >= 15 is 0 Å². The van der Waals surface area contributed by atoms with Crippen molar-refractivity contribution in [2.24, 2.45) is 0 Å². The second kappa shape index (κ2) is 6.35. The van der Waals surface area contributed by atoms with E-state index in [-0.39, 0.29) is 17.5 Å². The molecule has 1 saturated heterocycles. The number of hydrogen-bond acceptors (Lipinski definition) is 6. The van der Waals surface area contributed by atoms with E-state index in [1.165, 1.54) is 24.1 Å². The highest BCUT2D eigenvalue weighted by Gasteiger charge is 2.32. The molecular formula is C14H18N2O5S. The van der Waals surface area contributed by atoms with Crippen LogP contribution in [0.2, 0.25) is 0 Å². The maximum absolute atomic E-state index is 12.0. The molecule has 0 radical (unpaired) electrons. The molecule has 2 N–H and O–H groups in total. The highest BCUT2D eigenvalue weighted by Crippen LogP contribution is 2.16. The Morgan fingerprint density at radius 2 is 1.95 bits per heavy atom. The minimum atomic E-state index is -3.07. The van der Waals surface area contributed by atoms with Crippen LogP contribution in [0.15, 0.2) is 24.3 Å². The van der Waals surface area contributed by atoms with E-state index in [1.54, 1.807) is 12.1 Å². The fourth-order valence-electron chi connectivity index (χ4n) is 2.22. The first-order chi connectivity index (χ1) is 10.3. The molecule has 1 aromatic carbocycles. The van der Waals surface area contributed by atoms with E-state index in [1.807, 2.05) is 0 Å². The minimum absolute atomic E-state index is 0.0405. The molecule has 1 fully saturated rings. The molecule has 0 aromatic heterocycles. The standard InChI is InChI=1S/C14H18N2O5S/c1-16(12-6-7-22(19,20)9-12)13(17)8-21-14(18)10-2-4-11(15)5-3-10/h2-5,12H,6-9,15H2,1H3/t12-/m0/s1. The molecule has 1 aliphatic heterocycles. The monoisotopic (exact) mass is 326 g/mol. The summed E-state index contributed by atoms with van der Waals surface area (Å²) >= 11 is 0. The Kier molecular flexibility index (Phi) is 4.70. The number of sulfone groups is 1. The quantitative estimate of drug-likeness (QED) is 0.620. The number of benzene rings is 1. The Balaban J connectivity index is 1.87. The zero-order chi connectivity index (χ0) is 16.3. The third-order valence-electron chi connectivity index (χ3n) is 3.62. The molecule has 2 rings (SSSR count). The van der Waals surface area contributed by atoms with Crippen molar-refractivity contribution in [1.29, 1.82) is 0 Å². The normalized spacial score (nSPS) is 19.6. The number of nitrogens with zero attached hydrogens (tertiary/aromatic N) is 1. The first-order valence-electron chi connectivity index (χ1n) is 6.77. The molecule has 0 spiro atoms. The lowest BCUT2D eigenvalue weighted by Gasteiger charge is -2.23. The fourth-order valence-corrected chi connectivity index (χ4v) is 3.99. The van der Waals surface area contributed by atoms with Crippen LogP contribution in [0.25, 0.3) is 0 Å². The van der Waals surface area contributed by atoms with Gasteiger partial charge in [-0.05, 0) is 30.7 Å². The van der Waals surface area contributed by atoms with Gasteiger partial charge in [-0.15, -0.1) is 0 Å². The Morgan fingerprint density at radius 1 is 1.32 bits per heavy atom. The topological polar surface area (TPSA) is 107 Å². The summed E-state index contributed by atoms with van der Waals surface area (Å²) in [7, 11) is -1.55. The number of ether oxygens (including phenoxy) is 1. The second-order valence-corrected chi connectivity index (χ2v) is 7.49. The zero-order valence-corrected chi connectivity index (χ0v) is 13.0. The summed E-state index contributed by atoms with van der Waals surface area (Å²) in [4.78, 5) is 25.1. The second-order valence-electron chi connectivity index (χ2n) is 5.26. The van der Waals surface area contributed by atoms with Crippen LogP contribution >= 0.6 is 0 Å². The molecule has 0 aliphatic carbocycles. The molecule has 8 heteroatoms. The number of nitrogens with two attached hydrogens (primary N) is 1. The average molecular weight is 326 g/mol. The van der Waals surface area contributed by atoms with Crippen molar-refractivity contribution in [2.45, 2.75) is 12.5 Å². The van der Waals surface area contributed by atoms with E-state index in [0.717, 1.165) is 0 Å². The van der Waals surface area contributed by atoms with Gasteiger partial charge in [0.15, 0.2) is 16.4 Å². The van der Waals surface area contributed by atoms with Crippen molar-refractivity contribution in [2.75, 3.05) is 30.9 Å². The molecule has 1 heterocycles. The van der Waals surface area contributed by atoms with Crippen LogP contribution in [-0.2, 0) is 19.4 Å². The molecule has 0 saturated carbocycles. The molecular weight excluding hydrogens is 308 g/mol. The van der Waals surface area contributed by atoms with E-state index in [0.29, 0.717) is 17.7 Å². The molecule has 0 unspecified atom stereocenters. The summed E-state index contributed by atoms with van der Waals surface area (Å²) in [5.41, 5.74) is 6.34. The summed E-state index contributed by atoms with van der Waals surface area (Å²) in [6.45, 7) is -0.420. The molecule has 1 amide bonds. The van der Waals surface area contributed by atoms with Gasteiger partial charge >= 0.3 is 5.97 Å². The molecule has 1 aliphatic rings. The van der Waals surface area contributed by atoms with Gasteiger partial charge in [-0.2, -0.15) is 0 Å². The lowest BCUT2D eigenvalue weighted by atomic mass is 10.2. The van der Waals surface area contributed by atoms with Crippen molar-refractivity contribution in [3.63, 3.8) is 0 Å². The van der Waals surface area contributed by atoms with Crippen LogP contribution in [0, 0.1) is 0 Å². The highest BCUT2D eigenvalue weighted by molar-refractivity contribution is 7.91. The van der Waals surface area contributed by atoms with Gasteiger partial charge in [-0.1, -0.05) is 0 Å². The molecule has 7 nitrogen and oxygen atoms in total. The number of rotatable bonds is 4. The van der Waals surface area contributed by atoms with Crippen molar-refractivity contribution in [3.8, 4) is 0 Å². The number of nitrogen functional groups attached to an aromatic ring is 1. The number of likely N-dealkylation sites (N-methyl/N-ethyl adjacent to an activating group) is 1. The number of hydrogen-bond donors (Lipinski definition) is 1. The lowest BCUT2D eigenvalue weighted by molar-refractivity contribution is -0.134. The van der Waals surface area contributed by atoms with Crippen LogP contribution in [0.3, 0.4) is 0 Å². The largest absolute Gasteiger partial charge is 0.452 e. The predicted octanol–water partition coefficient (Wildman–Crippen LogP) is 0.0711. The van der Waals surface area contributed by atoms with Crippen molar-refractivity contribution in [1.82, 2.24) is 4.90 Å². The fraction of sp³-hybridized carbons (Fsp3) is 0.429. The van der Waals surface area contributed by atoms with Crippen LogP contribution in [0.4, 0.5) is 5.69 Å². The zero-order valence-electron chi connectivity index (χ0n) is 12.2. The highest BCUT2D eigenvalue weighted by atomic mass is 32.2. The van der Waals surface area contributed by atoms with Crippen LogP contribution in [-0.4, -0.2) is 56.4 Å². The van der Waals surface area contributed by atoms with Gasteiger partial charge in [-0.25, -0.2) is 13.2 Å². The van der Waals surface area contributed by atoms with Crippen LogP contribution < -0.4 is 5.73 Å². The van der Waals surface area contributed by atoms with Gasteiger partial charge < -0.3 is 15.4 Å². The molecule has 0 bridgehead atoms. The lowest BCUT2D eigenvalue weighted by Crippen LogP contribution is -2.40. The summed E-state index contributed by atoms with van der Waals surface area (Å²) in [5, 5.41) is 0. The molecule has 22 heavy (non-hydrogen) atoms. The maximum atomic E-state index is 12.0. The Morgan fingerprint density at radius 3 is 2.50 bits per heavy atom. The first kappa shape index (κ1) is 16.3. The van der Waals surface area contributed by atoms with Crippen molar-refractivity contribution >= 4 is 27.4 Å². The number of carbonyl (C=O) groups is 2. The van der Waals surface area contributed by atoms with Crippen molar-refractivity contribution < 1.29 is 22.7 Å². The molecule has 120 valence electrons. The van der Waals surface area contributed by atoms with E-state index in [2.05, 4.69) is 0 Å². The summed E-state index contributed by atoms with van der Waals surface area (Å²) in [5.74, 6) is -1.01. The van der Waals surface area contributed by atoms with Gasteiger partial charge in [0.1, 0.15) is 0 Å². The smallest absolute Gasteiger partial charge is 0.338 e. The summed E-state index contributed by atoms with van der Waals surface area (Å²) in [6, 6.07) is 5.79. The van der Waals surface area contributed by atoms with Crippen LogP contribution in [0.5, 0.6) is 0 Å². The van der Waals surface area contributed by atoms with E-state index < -0.39 is 28.3 Å². The van der Waals surface area contributed by atoms with Gasteiger partial charge in [0.05, 0.1) is 17.1 Å². The van der Waals surface area contributed by atoms with E-state index in [4.69, 9.17) is 10.5 Å². The number of carbonyl (C=O) groups excluding carboxylic acids is 2. The third kappa shape index (κ3) is 3.97. The number of anilines is 1.